The van der Waals surface area contributed by atoms with Gasteiger partial charge in [-0.3, -0.25) is 9.63 Å². The van der Waals surface area contributed by atoms with Gasteiger partial charge in [-0.15, -0.1) is 0 Å². The van der Waals surface area contributed by atoms with Gasteiger partial charge in [0, 0.05) is 13.1 Å². The first-order chi connectivity index (χ1) is 9.38. The summed E-state index contributed by atoms with van der Waals surface area (Å²) in [4.78, 5) is 16.3. The number of halogens is 1. The van der Waals surface area contributed by atoms with E-state index in [0.717, 1.165) is 0 Å². The maximum Gasteiger partial charge on any atom is 0.276 e. The number of hydrogen-bond donors (Lipinski definition) is 1. The van der Waals surface area contributed by atoms with Gasteiger partial charge in [0.1, 0.15) is 0 Å². The Morgan fingerprint density at radius 2 is 1.95 bits per heavy atom. The molecular weight excluding hydrogens is 304 g/mol. The SMILES string of the molecule is CCN(CC)S(=O)(=O)c1ccc(Cl)c(C(=O)NOC)c1. The molecule has 1 aromatic carbocycles. The quantitative estimate of drug-likeness (QED) is 0.809. The molecule has 0 spiro atoms. The molecule has 0 fully saturated rings. The third kappa shape index (κ3) is 3.49. The van der Waals surface area contributed by atoms with Gasteiger partial charge in [0.05, 0.1) is 22.6 Å². The molecule has 0 aliphatic carbocycles. The Morgan fingerprint density at radius 1 is 1.35 bits per heavy atom. The van der Waals surface area contributed by atoms with E-state index in [2.05, 4.69) is 10.3 Å². The summed E-state index contributed by atoms with van der Waals surface area (Å²) in [6.07, 6.45) is 0. The molecule has 8 heteroatoms. The number of nitrogens with one attached hydrogen (secondary N) is 1. The highest BCUT2D eigenvalue weighted by Gasteiger charge is 2.23. The van der Waals surface area contributed by atoms with E-state index in [1.54, 1.807) is 13.8 Å². The number of rotatable bonds is 6. The van der Waals surface area contributed by atoms with E-state index in [0.29, 0.717) is 13.1 Å². The Morgan fingerprint density at radius 3 is 2.45 bits per heavy atom. The van der Waals surface area contributed by atoms with Crippen molar-refractivity contribution in [3.8, 4) is 0 Å². The molecule has 0 aliphatic heterocycles. The summed E-state index contributed by atoms with van der Waals surface area (Å²) in [5.74, 6) is -0.603. The van der Waals surface area contributed by atoms with Gasteiger partial charge < -0.3 is 0 Å². The second-order valence-electron chi connectivity index (χ2n) is 3.87. The van der Waals surface area contributed by atoms with Crippen LogP contribution in [0.2, 0.25) is 5.02 Å². The summed E-state index contributed by atoms with van der Waals surface area (Å²) in [7, 11) is -2.35. The zero-order valence-corrected chi connectivity index (χ0v) is 13.1. The zero-order valence-electron chi connectivity index (χ0n) is 11.5. The Labute approximate surface area is 123 Å². The normalized spacial score (nSPS) is 11.7. The predicted molar refractivity (Wildman–Crippen MR) is 76.0 cm³/mol. The Bertz CT molecular complexity index is 585. The van der Waals surface area contributed by atoms with Gasteiger partial charge in [-0.1, -0.05) is 25.4 Å². The highest BCUT2D eigenvalue weighted by molar-refractivity contribution is 7.89. The molecule has 0 atom stereocenters. The topological polar surface area (TPSA) is 75.7 Å². The molecule has 20 heavy (non-hydrogen) atoms. The van der Waals surface area contributed by atoms with Gasteiger partial charge in [0.25, 0.3) is 5.91 Å². The number of amides is 1. The van der Waals surface area contributed by atoms with E-state index >= 15 is 0 Å². The van der Waals surface area contributed by atoms with Gasteiger partial charge in [-0.2, -0.15) is 4.31 Å². The summed E-state index contributed by atoms with van der Waals surface area (Å²) < 4.78 is 26.0. The first-order valence-electron chi connectivity index (χ1n) is 6.01. The van der Waals surface area contributed by atoms with Crippen molar-refractivity contribution < 1.29 is 18.0 Å². The van der Waals surface area contributed by atoms with Gasteiger partial charge in [-0.05, 0) is 18.2 Å². The van der Waals surface area contributed by atoms with E-state index < -0.39 is 15.9 Å². The summed E-state index contributed by atoms with van der Waals surface area (Å²) in [5.41, 5.74) is 2.15. The average molecular weight is 321 g/mol. The molecule has 1 amide bonds. The van der Waals surface area contributed by atoms with Crippen molar-refractivity contribution in [2.45, 2.75) is 18.7 Å². The lowest BCUT2D eigenvalue weighted by Crippen LogP contribution is -2.31. The molecular formula is C12H17ClN2O4S. The van der Waals surface area contributed by atoms with Crippen molar-refractivity contribution in [2.24, 2.45) is 0 Å². The Hall–Kier alpha value is -1.15. The molecule has 0 saturated carbocycles. The number of nitrogens with zero attached hydrogens (tertiary/aromatic N) is 1. The molecule has 0 bridgehead atoms. The van der Waals surface area contributed by atoms with E-state index in [1.807, 2.05) is 0 Å². The van der Waals surface area contributed by atoms with Crippen molar-refractivity contribution in [1.82, 2.24) is 9.79 Å². The molecule has 1 aromatic rings. The fraction of sp³-hybridized carbons (Fsp3) is 0.417. The maximum atomic E-state index is 12.4. The summed E-state index contributed by atoms with van der Waals surface area (Å²) in [6, 6.07) is 3.99. The van der Waals surface area contributed by atoms with Crippen LogP contribution in [0.3, 0.4) is 0 Å². The molecule has 6 nitrogen and oxygen atoms in total. The minimum atomic E-state index is -3.64. The largest absolute Gasteiger partial charge is 0.277 e. The molecule has 0 radical (unpaired) electrons. The fourth-order valence-electron chi connectivity index (χ4n) is 1.70. The first kappa shape index (κ1) is 16.9. The van der Waals surface area contributed by atoms with Crippen molar-refractivity contribution in [3.05, 3.63) is 28.8 Å². The van der Waals surface area contributed by atoms with Gasteiger partial charge in [0.15, 0.2) is 0 Å². The maximum absolute atomic E-state index is 12.4. The number of hydroxylamine groups is 1. The van der Waals surface area contributed by atoms with Crippen LogP contribution < -0.4 is 5.48 Å². The standard InChI is InChI=1S/C12H17ClN2O4S/c1-4-15(5-2)20(17,18)9-6-7-11(13)10(8-9)12(16)14-19-3/h6-8H,4-5H2,1-3H3,(H,14,16). The van der Waals surface area contributed by atoms with E-state index in [4.69, 9.17) is 11.6 Å². The Kier molecular flexibility index (Phi) is 5.94. The fourth-order valence-corrected chi connectivity index (χ4v) is 3.39. The van der Waals surface area contributed by atoms with Gasteiger partial charge in [0.2, 0.25) is 10.0 Å². The number of benzene rings is 1. The smallest absolute Gasteiger partial charge is 0.276 e. The van der Waals surface area contributed by atoms with Crippen molar-refractivity contribution in [3.63, 3.8) is 0 Å². The molecule has 1 rings (SSSR count). The monoisotopic (exact) mass is 320 g/mol. The van der Waals surface area contributed by atoms with Gasteiger partial charge in [-0.25, -0.2) is 13.9 Å². The summed E-state index contributed by atoms with van der Waals surface area (Å²) in [6.45, 7) is 4.19. The van der Waals surface area contributed by atoms with E-state index in [1.165, 1.54) is 29.6 Å². The van der Waals surface area contributed by atoms with Crippen LogP contribution in [0.25, 0.3) is 0 Å². The molecule has 112 valence electrons. The van der Waals surface area contributed by atoms with Crippen LogP contribution in [0.4, 0.5) is 0 Å². The summed E-state index contributed by atoms with van der Waals surface area (Å²) >= 11 is 5.90. The van der Waals surface area contributed by atoms with Crippen LogP contribution >= 0.6 is 11.6 Å². The molecule has 0 unspecified atom stereocenters. The van der Waals surface area contributed by atoms with Crippen molar-refractivity contribution in [2.75, 3.05) is 20.2 Å². The minimum absolute atomic E-state index is 0.0202. The van der Waals surface area contributed by atoms with Crippen LogP contribution in [0.1, 0.15) is 24.2 Å². The van der Waals surface area contributed by atoms with E-state index in [9.17, 15) is 13.2 Å². The van der Waals surface area contributed by atoms with Crippen LogP contribution in [0.5, 0.6) is 0 Å². The summed E-state index contributed by atoms with van der Waals surface area (Å²) in [5, 5.41) is 0.151. The number of hydrogen-bond acceptors (Lipinski definition) is 4. The number of sulfonamides is 1. The molecule has 0 heterocycles. The second-order valence-corrected chi connectivity index (χ2v) is 6.21. The lowest BCUT2D eigenvalue weighted by atomic mass is 10.2. The zero-order chi connectivity index (χ0) is 15.3. The molecule has 0 aromatic heterocycles. The van der Waals surface area contributed by atoms with Crippen LogP contribution in [-0.4, -0.2) is 38.8 Å². The third-order valence-electron chi connectivity index (χ3n) is 2.72. The van der Waals surface area contributed by atoms with Gasteiger partial charge >= 0.3 is 0 Å². The lowest BCUT2D eigenvalue weighted by Gasteiger charge is -2.19. The second kappa shape index (κ2) is 7.03. The molecule has 0 aliphatic rings. The average Bonchev–Trinajstić information content (AvgIpc) is 2.40. The van der Waals surface area contributed by atoms with E-state index in [-0.39, 0.29) is 15.5 Å². The van der Waals surface area contributed by atoms with Crippen molar-refractivity contribution >= 4 is 27.5 Å². The van der Waals surface area contributed by atoms with Crippen molar-refractivity contribution in [1.29, 1.82) is 0 Å². The van der Waals surface area contributed by atoms with Crippen LogP contribution in [0, 0.1) is 0 Å². The number of carbonyl (C=O) groups is 1. The predicted octanol–water partition coefficient (Wildman–Crippen LogP) is 1.66. The van der Waals surface area contributed by atoms with Crippen LogP contribution in [0.15, 0.2) is 23.1 Å². The highest BCUT2D eigenvalue weighted by Crippen LogP contribution is 2.23. The number of carbonyl (C=O) groups excluding carboxylic acids is 1. The Balaban J connectivity index is 3.28. The third-order valence-corrected chi connectivity index (χ3v) is 5.10. The molecule has 0 saturated heterocycles. The molecule has 1 N–H and O–H groups in total. The lowest BCUT2D eigenvalue weighted by molar-refractivity contribution is 0.0537. The van der Waals surface area contributed by atoms with Crippen LogP contribution in [-0.2, 0) is 14.9 Å². The minimum Gasteiger partial charge on any atom is -0.277 e. The first-order valence-corrected chi connectivity index (χ1v) is 7.83. The highest BCUT2D eigenvalue weighted by atomic mass is 35.5.